The third-order valence-electron chi connectivity index (χ3n) is 4.86. The number of ether oxygens (including phenoxy) is 2. The smallest absolute Gasteiger partial charge is 0.226 e. The number of hydrogen-bond donors (Lipinski definition) is 2. The van der Waals surface area contributed by atoms with Crippen LogP contribution in [0.25, 0.3) is 0 Å². The second-order valence-corrected chi connectivity index (χ2v) is 8.64. The minimum atomic E-state index is -0.0571. The first-order valence-corrected chi connectivity index (χ1v) is 11.6. The summed E-state index contributed by atoms with van der Waals surface area (Å²) in [5, 5.41) is 7.29. The van der Waals surface area contributed by atoms with Gasteiger partial charge in [-0.05, 0) is 66.6 Å². The zero-order chi connectivity index (χ0) is 23.8. The summed E-state index contributed by atoms with van der Waals surface area (Å²) in [5.74, 6) is 1.29. The zero-order valence-electron chi connectivity index (χ0n) is 19.0. The van der Waals surface area contributed by atoms with Crippen LogP contribution in [0.2, 0.25) is 10.0 Å². The van der Waals surface area contributed by atoms with E-state index >= 15 is 0 Å². The molecule has 174 valence electrons. The zero-order valence-corrected chi connectivity index (χ0v) is 20.5. The number of carbonyl (C=O) groups excluding carboxylic acids is 1. The van der Waals surface area contributed by atoms with Crippen molar-refractivity contribution in [3.8, 4) is 11.5 Å². The van der Waals surface area contributed by atoms with E-state index in [0.29, 0.717) is 41.3 Å². The molecule has 0 atom stereocenters. The second-order valence-electron chi connectivity index (χ2n) is 7.83. The van der Waals surface area contributed by atoms with Crippen LogP contribution >= 0.6 is 23.2 Å². The molecule has 0 saturated carbocycles. The van der Waals surface area contributed by atoms with Crippen molar-refractivity contribution in [2.45, 2.75) is 33.9 Å². The number of carbonyl (C=O) groups is 1. The van der Waals surface area contributed by atoms with Crippen LogP contribution in [0.3, 0.4) is 0 Å². The number of rotatable bonds is 10. The van der Waals surface area contributed by atoms with E-state index in [-0.39, 0.29) is 11.8 Å². The monoisotopic (exact) mass is 486 g/mol. The molecule has 5 nitrogen and oxygen atoms in total. The van der Waals surface area contributed by atoms with Gasteiger partial charge in [0, 0.05) is 23.8 Å². The summed E-state index contributed by atoms with van der Waals surface area (Å²) in [6.07, 6.45) is 0. The Bertz CT molecular complexity index is 1090. The SMILES string of the molecule is CCOc1cc(CNc2ccc(NC(=O)C(C)C)cc2)ccc1OCc1ccc(Cl)c(Cl)c1. The fourth-order valence-electron chi connectivity index (χ4n) is 3.00. The van der Waals surface area contributed by atoms with E-state index in [1.54, 1.807) is 12.1 Å². The lowest BCUT2D eigenvalue weighted by molar-refractivity contribution is -0.118. The van der Waals surface area contributed by atoms with Crippen molar-refractivity contribution in [1.29, 1.82) is 0 Å². The quantitative estimate of drug-likeness (QED) is 0.318. The molecule has 0 fully saturated rings. The van der Waals surface area contributed by atoms with E-state index in [1.807, 2.05) is 69.3 Å². The maximum Gasteiger partial charge on any atom is 0.226 e. The summed E-state index contributed by atoms with van der Waals surface area (Å²) in [6, 6.07) is 18.9. The average molecular weight is 487 g/mol. The average Bonchev–Trinajstić information content (AvgIpc) is 2.80. The fourth-order valence-corrected chi connectivity index (χ4v) is 3.32. The molecule has 3 aromatic rings. The molecule has 0 aliphatic carbocycles. The predicted molar refractivity (Wildman–Crippen MR) is 136 cm³/mol. The molecule has 0 radical (unpaired) electrons. The molecule has 3 aromatic carbocycles. The number of hydrogen-bond acceptors (Lipinski definition) is 4. The van der Waals surface area contributed by atoms with Crippen LogP contribution in [0.5, 0.6) is 11.5 Å². The van der Waals surface area contributed by atoms with E-state index in [9.17, 15) is 4.79 Å². The van der Waals surface area contributed by atoms with E-state index in [2.05, 4.69) is 10.6 Å². The topological polar surface area (TPSA) is 59.6 Å². The van der Waals surface area contributed by atoms with Gasteiger partial charge in [0.25, 0.3) is 0 Å². The van der Waals surface area contributed by atoms with Gasteiger partial charge >= 0.3 is 0 Å². The minimum Gasteiger partial charge on any atom is -0.490 e. The van der Waals surface area contributed by atoms with Crippen molar-refractivity contribution in [3.05, 3.63) is 81.8 Å². The van der Waals surface area contributed by atoms with Gasteiger partial charge < -0.3 is 20.1 Å². The maximum atomic E-state index is 11.8. The first-order valence-electron chi connectivity index (χ1n) is 10.8. The summed E-state index contributed by atoms with van der Waals surface area (Å²) in [5.41, 5.74) is 3.71. The van der Waals surface area contributed by atoms with Gasteiger partial charge in [0.2, 0.25) is 5.91 Å². The van der Waals surface area contributed by atoms with Crippen LogP contribution in [-0.2, 0) is 17.9 Å². The first kappa shape index (κ1) is 24.7. The molecular formula is C26H28Cl2N2O3. The Morgan fingerprint density at radius 1 is 0.848 bits per heavy atom. The molecule has 0 aliphatic rings. The molecule has 2 N–H and O–H groups in total. The lowest BCUT2D eigenvalue weighted by Gasteiger charge is -2.15. The second kappa shape index (κ2) is 11.8. The summed E-state index contributed by atoms with van der Waals surface area (Å²) in [6.45, 7) is 7.17. The normalized spacial score (nSPS) is 10.7. The van der Waals surface area contributed by atoms with Gasteiger partial charge in [-0.25, -0.2) is 0 Å². The Morgan fingerprint density at radius 2 is 1.55 bits per heavy atom. The van der Waals surface area contributed by atoms with Gasteiger partial charge in [-0.15, -0.1) is 0 Å². The Morgan fingerprint density at radius 3 is 2.21 bits per heavy atom. The van der Waals surface area contributed by atoms with E-state index in [0.717, 1.165) is 22.5 Å². The molecule has 0 heterocycles. The van der Waals surface area contributed by atoms with Gasteiger partial charge in [0.05, 0.1) is 16.7 Å². The Hall–Kier alpha value is -2.89. The highest BCUT2D eigenvalue weighted by atomic mass is 35.5. The van der Waals surface area contributed by atoms with Gasteiger partial charge in [-0.3, -0.25) is 4.79 Å². The molecular weight excluding hydrogens is 459 g/mol. The standard InChI is InChI=1S/C26H28Cl2N2O3/c1-4-32-25-14-18(6-12-24(25)33-16-19-5-11-22(27)23(28)13-19)15-29-20-7-9-21(10-8-20)30-26(31)17(2)3/h5-14,17,29H,4,15-16H2,1-3H3,(H,30,31). The van der Waals surface area contributed by atoms with E-state index in [1.165, 1.54) is 0 Å². The number of halogens is 2. The molecule has 1 amide bonds. The molecule has 0 spiro atoms. The van der Waals surface area contributed by atoms with Crippen molar-refractivity contribution in [2.24, 2.45) is 5.92 Å². The molecule has 0 saturated heterocycles. The van der Waals surface area contributed by atoms with Crippen molar-refractivity contribution >= 4 is 40.5 Å². The van der Waals surface area contributed by atoms with Crippen LogP contribution in [-0.4, -0.2) is 12.5 Å². The molecule has 0 bridgehead atoms. The highest BCUT2D eigenvalue weighted by Crippen LogP contribution is 2.30. The van der Waals surface area contributed by atoms with Crippen LogP contribution < -0.4 is 20.1 Å². The number of nitrogens with one attached hydrogen (secondary N) is 2. The van der Waals surface area contributed by atoms with Crippen LogP contribution in [0.15, 0.2) is 60.7 Å². The Balaban J connectivity index is 1.61. The highest BCUT2D eigenvalue weighted by Gasteiger charge is 2.09. The maximum absolute atomic E-state index is 11.8. The van der Waals surface area contributed by atoms with Crippen molar-refractivity contribution in [2.75, 3.05) is 17.2 Å². The third kappa shape index (κ3) is 7.31. The molecule has 0 unspecified atom stereocenters. The lowest BCUT2D eigenvalue weighted by Crippen LogP contribution is -2.17. The minimum absolute atomic E-state index is 0.000585. The number of amides is 1. The number of benzene rings is 3. The lowest BCUT2D eigenvalue weighted by atomic mass is 10.2. The van der Waals surface area contributed by atoms with Crippen LogP contribution in [0.4, 0.5) is 11.4 Å². The molecule has 0 aromatic heterocycles. The van der Waals surface area contributed by atoms with Crippen molar-refractivity contribution in [3.63, 3.8) is 0 Å². The molecule has 33 heavy (non-hydrogen) atoms. The fraction of sp³-hybridized carbons (Fsp3) is 0.269. The summed E-state index contributed by atoms with van der Waals surface area (Å²) >= 11 is 12.1. The van der Waals surface area contributed by atoms with Gasteiger partial charge in [-0.1, -0.05) is 49.2 Å². The highest BCUT2D eigenvalue weighted by molar-refractivity contribution is 6.42. The molecule has 0 aliphatic heterocycles. The van der Waals surface area contributed by atoms with Gasteiger partial charge in [0.15, 0.2) is 11.5 Å². The summed E-state index contributed by atoms with van der Waals surface area (Å²) in [4.78, 5) is 11.8. The van der Waals surface area contributed by atoms with E-state index < -0.39 is 0 Å². The Labute approximate surface area is 205 Å². The van der Waals surface area contributed by atoms with Crippen molar-refractivity contribution < 1.29 is 14.3 Å². The van der Waals surface area contributed by atoms with Crippen LogP contribution in [0, 0.1) is 5.92 Å². The van der Waals surface area contributed by atoms with Gasteiger partial charge in [0.1, 0.15) is 6.61 Å². The summed E-state index contributed by atoms with van der Waals surface area (Å²) < 4.78 is 11.8. The number of anilines is 2. The van der Waals surface area contributed by atoms with Gasteiger partial charge in [-0.2, -0.15) is 0 Å². The summed E-state index contributed by atoms with van der Waals surface area (Å²) in [7, 11) is 0. The van der Waals surface area contributed by atoms with Crippen LogP contribution in [0.1, 0.15) is 31.9 Å². The Kier molecular flexibility index (Phi) is 8.87. The predicted octanol–water partition coefficient (Wildman–Crippen LogP) is 7.18. The first-order chi connectivity index (χ1) is 15.9. The molecule has 3 rings (SSSR count). The molecule has 7 heteroatoms. The van der Waals surface area contributed by atoms with E-state index in [4.69, 9.17) is 32.7 Å². The largest absolute Gasteiger partial charge is 0.490 e. The van der Waals surface area contributed by atoms with Crippen molar-refractivity contribution in [1.82, 2.24) is 0 Å². The third-order valence-corrected chi connectivity index (χ3v) is 5.60.